The summed E-state index contributed by atoms with van der Waals surface area (Å²) in [5.41, 5.74) is 3.37. The number of nitro groups is 1. The molecule has 0 unspecified atom stereocenters. The van der Waals surface area contributed by atoms with Gasteiger partial charge in [0.15, 0.2) is 0 Å². The fourth-order valence-electron chi connectivity index (χ4n) is 5.27. The number of amides is 1. The van der Waals surface area contributed by atoms with E-state index in [0.29, 0.717) is 5.56 Å². The highest BCUT2D eigenvalue weighted by Crippen LogP contribution is 2.28. The van der Waals surface area contributed by atoms with Crippen molar-refractivity contribution in [2.24, 2.45) is 0 Å². The Balaban J connectivity index is 1.66. The lowest BCUT2D eigenvalue weighted by Crippen LogP contribution is -2.33. The zero-order valence-corrected chi connectivity index (χ0v) is 22.9. The number of hydrogen-bond donors (Lipinski definition) is 0. The molecule has 2 heterocycles. The molecule has 1 aliphatic heterocycles. The molecule has 0 N–H and O–H groups in total. The fraction of sp³-hybridized carbons (Fsp3) is 0.533. The fourth-order valence-corrected chi connectivity index (χ4v) is 5.27. The molecule has 1 saturated heterocycles. The molecule has 1 fully saturated rings. The van der Waals surface area contributed by atoms with E-state index in [1.54, 1.807) is 12.1 Å². The largest absolute Gasteiger partial charge is 0.339 e. The van der Waals surface area contributed by atoms with Crippen LogP contribution in [0.4, 0.5) is 5.69 Å². The van der Waals surface area contributed by atoms with E-state index in [1.807, 2.05) is 23.1 Å². The van der Waals surface area contributed by atoms with Crippen molar-refractivity contribution >= 4 is 22.6 Å². The monoisotopic (exact) mass is 519 g/mol. The van der Waals surface area contributed by atoms with Gasteiger partial charge in [-0.3, -0.25) is 14.9 Å². The Kier molecular flexibility index (Phi) is 9.87. The first-order valence-electron chi connectivity index (χ1n) is 14.3. The zero-order valence-electron chi connectivity index (χ0n) is 22.9. The normalized spacial score (nSPS) is 14.2. The molecule has 1 aromatic heterocycles. The summed E-state index contributed by atoms with van der Waals surface area (Å²) in [6.07, 6.45) is 8.92. The van der Waals surface area contributed by atoms with Crippen LogP contribution in [0.15, 0.2) is 42.5 Å². The van der Waals surface area contributed by atoms with Crippen LogP contribution in [0.5, 0.6) is 0 Å². The maximum Gasteiger partial charge on any atom is 0.269 e. The maximum atomic E-state index is 13.5. The third kappa shape index (κ3) is 6.78. The number of non-ortho nitro benzene ring substituents is 1. The van der Waals surface area contributed by atoms with Crippen LogP contribution in [0, 0.1) is 10.1 Å². The summed E-state index contributed by atoms with van der Waals surface area (Å²) in [6, 6.07) is 12.4. The van der Waals surface area contributed by atoms with Gasteiger partial charge in [-0.1, -0.05) is 33.1 Å². The predicted octanol–water partition coefficient (Wildman–Crippen LogP) is 6.53. The number of piperidine rings is 1. The number of fused-ring (bicyclic) bond motifs is 1. The summed E-state index contributed by atoms with van der Waals surface area (Å²) in [5.74, 6) is 0.860. The summed E-state index contributed by atoms with van der Waals surface area (Å²) >= 11 is 0. The first-order valence-corrected chi connectivity index (χ1v) is 14.3. The van der Waals surface area contributed by atoms with Gasteiger partial charge in [-0.25, -0.2) is 4.98 Å². The summed E-state index contributed by atoms with van der Waals surface area (Å²) in [5, 5.41) is 11.2. The molecule has 204 valence electrons. The van der Waals surface area contributed by atoms with Crippen molar-refractivity contribution < 1.29 is 9.72 Å². The van der Waals surface area contributed by atoms with Crippen molar-refractivity contribution in [3.05, 3.63) is 58.1 Å². The Morgan fingerprint density at radius 2 is 1.63 bits per heavy atom. The molecule has 8 nitrogen and oxygen atoms in total. The number of nitrogens with zero attached hydrogens (tertiary/aromatic N) is 5. The van der Waals surface area contributed by atoms with Crippen molar-refractivity contribution in [3.63, 3.8) is 0 Å². The molecule has 2 aromatic carbocycles. The van der Waals surface area contributed by atoms with Crippen molar-refractivity contribution in [1.29, 1.82) is 0 Å². The Morgan fingerprint density at radius 3 is 2.26 bits per heavy atom. The number of unbranched alkanes of at least 4 members (excludes halogenated alkanes) is 2. The van der Waals surface area contributed by atoms with Crippen LogP contribution in [-0.2, 0) is 6.54 Å². The second-order valence-corrected chi connectivity index (χ2v) is 10.3. The minimum Gasteiger partial charge on any atom is -0.339 e. The summed E-state index contributed by atoms with van der Waals surface area (Å²) < 4.78 is 2.19. The van der Waals surface area contributed by atoms with Gasteiger partial charge in [0.2, 0.25) is 0 Å². The molecule has 0 aliphatic carbocycles. The third-order valence-corrected chi connectivity index (χ3v) is 7.49. The third-order valence-electron chi connectivity index (χ3n) is 7.49. The minimum absolute atomic E-state index is 0.0636. The first-order chi connectivity index (χ1) is 18.5. The van der Waals surface area contributed by atoms with Gasteiger partial charge in [0.05, 0.1) is 16.0 Å². The van der Waals surface area contributed by atoms with Crippen molar-refractivity contribution in [1.82, 2.24) is 19.4 Å². The highest BCUT2D eigenvalue weighted by atomic mass is 16.6. The molecule has 4 rings (SSSR count). The first kappa shape index (κ1) is 27.8. The molecular formula is C30H41N5O3. The quantitative estimate of drug-likeness (QED) is 0.189. The lowest BCUT2D eigenvalue weighted by molar-refractivity contribution is -0.384. The van der Waals surface area contributed by atoms with Crippen LogP contribution in [0.1, 0.15) is 75.6 Å². The van der Waals surface area contributed by atoms with E-state index >= 15 is 0 Å². The van der Waals surface area contributed by atoms with Crippen LogP contribution in [0.25, 0.3) is 22.4 Å². The lowest BCUT2D eigenvalue weighted by atomic mass is 10.1. The molecule has 0 saturated carbocycles. The van der Waals surface area contributed by atoms with E-state index in [2.05, 4.69) is 23.3 Å². The van der Waals surface area contributed by atoms with E-state index in [-0.39, 0.29) is 16.5 Å². The topological polar surface area (TPSA) is 84.5 Å². The lowest BCUT2D eigenvalue weighted by Gasteiger charge is -2.26. The Morgan fingerprint density at radius 1 is 0.947 bits per heavy atom. The van der Waals surface area contributed by atoms with Crippen molar-refractivity contribution in [2.75, 3.05) is 32.7 Å². The van der Waals surface area contributed by atoms with E-state index in [4.69, 9.17) is 4.98 Å². The zero-order chi connectivity index (χ0) is 26.9. The van der Waals surface area contributed by atoms with Crippen molar-refractivity contribution in [3.8, 4) is 11.4 Å². The molecule has 1 aliphatic rings. The molecule has 0 atom stereocenters. The van der Waals surface area contributed by atoms with Gasteiger partial charge >= 0.3 is 0 Å². The number of aryl methyl sites for hydroxylation is 1. The van der Waals surface area contributed by atoms with Gasteiger partial charge in [0.25, 0.3) is 11.6 Å². The van der Waals surface area contributed by atoms with E-state index in [9.17, 15) is 14.9 Å². The summed E-state index contributed by atoms with van der Waals surface area (Å²) in [4.78, 5) is 33.8. The Hall–Kier alpha value is -3.26. The molecule has 3 aromatic rings. The maximum absolute atomic E-state index is 13.5. The average Bonchev–Trinajstić information content (AvgIpc) is 3.31. The summed E-state index contributed by atoms with van der Waals surface area (Å²) in [7, 11) is 0. The second-order valence-electron chi connectivity index (χ2n) is 10.3. The predicted molar refractivity (Wildman–Crippen MR) is 152 cm³/mol. The summed E-state index contributed by atoms with van der Waals surface area (Å²) in [6.45, 7) is 9.96. The van der Waals surface area contributed by atoms with Crippen LogP contribution in [0.3, 0.4) is 0 Å². The number of benzene rings is 2. The number of hydrogen-bond acceptors (Lipinski definition) is 5. The number of nitro benzene ring substituents is 1. The van der Waals surface area contributed by atoms with Gasteiger partial charge in [0, 0.05) is 42.9 Å². The molecular weight excluding hydrogens is 478 g/mol. The standard InChI is InChI=1S/C30H41N5O3/c1-3-5-20-33(21-6-4-2)30(36)25-13-16-27-28(23-25)34(22-10-19-32-17-8-7-9-18-32)29(31-27)24-11-14-26(15-12-24)35(37)38/h11-16,23H,3-10,17-22H2,1-2H3. The highest BCUT2D eigenvalue weighted by Gasteiger charge is 2.20. The number of aromatic nitrogens is 2. The Labute approximate surface area is 225 Å². The van der Waals surface area contributed by atoms with Gasteiger partial charge in [-0.15, -0.1) is 0 Å². The highest BCUT2D eigenvalue weighted by molar-refractivity contribution is 5.98. The number of carbonyl (C=O) groups excluding carboxylic acids is 1. The molecule has 1 amide bonds. The van der Waals surface area contributed by atoms with Crippen LogP contribution in [-0.4, -0.2) is 62.9 Å². The van der Waals surface area contributed by atoms with E-state index < -0.39 is 0 Å². The van der Waals surface area contributed by atoms with Crippen LogP contribution < -0.4 is 0 Å². The SMILES string of the molecule is CCCCN(CCCC)C(=O)c1ccc2nc(-c3ccc([N+](=O)[O-])cc3)n(CCCN3CCCCC3)c2c1. The van der Waals surface area contributed by atoms with Gasteiger partial charge < -0.3 is 14.4 Å². The number of likely N-dealkylation sites (tertiary alicyclic amines) is 1. The molecule has 0 radical (unpaired) electrons. The van der Waals surface area contributed by atoms with Crippen molar-refractivity contribution in [2.45, 2.75) is 71.8 Å². The van der Waals surface area contributed by atoms with Crippen LogP contribution in [0.2, 0.25) is 0 Å². The molecule has 38 heavy (non-hydrogen) atoms. The smallest absolute Gasteiger partial charge is 0.269 e. The number of rotatable bonds is 13. The molecule has 0 spiro atoms. The van der Waals surface area contributed by atoms with Gasteiger partial charge in [-0.2, -0.15) is 0 Å². The van der Waals surface area contributed by atoms with E-state index in [1.165, 1.54) is 31.4 Å². The van der Waals surface area contributed by atoms with E-state index in [0.717, 1.165) is 93.8 Å². The Bertz CT molecular complexity index is 1210. The molecule has 8 heteroatoms. The van der Waals surface area contributed by atoms with Crippen LogP contribution >= 0.6 is 0 Å². The van der Waals surface area contributed by atoms with Gasteiger partial charge in [-0.05, 0) is 82.1 Å². The number of carbonyl (C=O) groups is 1. The van der Waals surface area contributed by atoms with Gasteiger partial charge in [0.1, 0.15) is 5.82 Å². The minimum atomic E-state index is -0.383. The second kappa shape index (κ2) is 13.5. The molecule has 0 bridgehead atoms. The average molecular weight is 520 g/mol. The number of imidazole rings is 1.